The first-order valence-electron chi connectivity index (χ1n) is 9.19. The number of rotatable bonds is 2. The van der Waals surface area contributed by atoms with Crippen LogP contribution >= 0.6 is 0 Å². The summed E-state index contributed by atoms with van der Waals surface area (Å²) >= 11 is 0. The summed E-state index contributed by atoms with van der Waals surface area (Å²) < 4.78 is 38.1. The molecule has 1 unspecified atom stereocenters. The molecule has 0 spiro atoms. The molecule has 0 aliphatic carbocycles. The number of hydrogen-bond acceptors (Lipinski definition) is 2. The van der Waals surface area contributed by atoms with E-state index in [1.54, 1.807) is 4.90 Å². The van der Waals surface area contributed by atoms with Gasteiger partial charge >= 0.3 is 6.18 Å². The molecule has 2 aromatic rings. The summed E-state index contributed by atoms with van der Waals surface area (Å²) in [7, 11) is 0. The largest absolute Gasteiger partial charge is 0.416 e. The summed E-state index contributed by atoms with van der Waals surface area (Å²) in [4.78, 5) is 16.8. The van der Waals surface area contributed by atoms with E-state index in [9.17, 15) is 18.0 Å². The highest BCUT2D eigenvalue weighted by Crippen LogP contribution is 2.30. The highest BCUT2D eigenvalue weighted by molar-refractivity contribution is 5.94. The van der Waals surface area contributed by atoms with Crippen LogP contribution in [-0.4, -0.2) is 41.4 Å². The molecule has 1 amide bonds. The summed E-state index contributed by atoms with van der Waals surface area (Å²) in [6.45, 7) is 3.14. The lowest BCUT2D eigenvalue weighted by Gasteiger charge is -2.33. The Labute approximate surface area is 156 Å². The van der Waals surface area contributed by atoms with Gasteiger partial charge in [-0.1, -0.05) is 24.3 Å². The SMILES string of the molecule is O=C(c1ccc(C(F)(F)F)cc1)N1CCC(N2CCc3ccccc3C2)C1. The van der Waals surface area contributed by atoms with Crippen LogP contribution < -0.4 is 0 Å². The summed E-state index contributed by atoms with van der Waals surface area (Å²) in [5.41, 5.74) is 2.32. The zero-order valence-electron chi connectivity index (χ0n) is 14.9. The normalized spacial score (nSPS) is 20.6. The van der Waals surface area contributed by atoms with Crippen molar-refractivity contribution in [1.29, 1.82) is 0 Å². The Morgan fingerprint density at radius 1 is 0.963 bits per heavy atom. The summed E-state index contributed by atoms with van der Waals surface area (Å²) in [6.07, 6.45) is -2.47. The molecule has 2 aliphatic rings. The number of carbonyl (C=O) groups is 1. The van der Waals surface area contributed by atoms with Crippen molar-refractivity contribution in [3.05, 3.63) is 70.8 Å². The fourth-order valence-electron chi connectivity index (χ4n) is 4.04. The molecule has 1 saturated heterocycles. The van der Waals surface area contributed by atoms with E-state index in [0.29, 0.717) is 24.7 Å². The smallest absolute Gasteiger partial charge is 0.337 e. The predicted molar refractivity (Wildman–Crippen MR) is 96.3 cm³/mol. The van der Waals surface area contributed by atoms with Crippen molar-refractivity contribution in [3.63, 3.8) is 0 Å². The first-order valence-corrected chi connectivity index (χ1v) is 9.19. The first kappa shape index (κ1) is 18.0. The van der Waals surface area contributed by atoms with Crippen LogP contribution in [0.25, 0.3) is 0 Å². The molecule has 0 N–H and O–H groups in total. The van der Waals surface area contributed by atoms with E-state index in [4.69, 9.17) is 0 Å². The highest BCUT2D eigenvalue weighted by atomic mass is 19.4. The Kier molecular flexibility index (Phi) is 4.68. The number of amides is 1. The number of halogens is 3. The highest BCUT2D eigenvalue weighted by Gasteiger charge is 2.33. The van der Waals surface area contributed by atoms with Gasteiger partial charge in [-0.05, 0) is 48.2 Å². The van der Waals surface area contributed by atoms with E-state index in [-0.39, 0.29) is 5.91 Å². The molecule has 0 saturated carbocycles. The number of alkyl halides is 3. The Bertz CT molecular complexity index is 832. The summed E-state index contributed by atoms with van der Waals surface area (Å²) in [5, 5.41) is 0. The van der Waals surface area contributed by atoms with E-state index in [2.05, 4.69) is 29.2 Å². The van der Waals surface area contributed by atoms with Crippen LogP contribution in [-0.2, 0) is 19.1 Å². The minimum atomic E-state index is -4.38. The first-order chi connectivity index (χ1) is 12.9. The number of carbonyl (C=O) groups excluding carboxylic acids is 1. The van der Waals surface area contributed by atoms with Crippen molar-refractivity contribution >= 4 is 5.91 Å². The van der Waals surface area contributed by atoms with Gasteiger partial charge in [0.25, 0.3) is 5.91 Å². The van der Waals surface area contributed by atoms with E-state index >= 15 is 0 Å². The molecule has 1 fully saturated rings. The van der Waals surface area contributed by atoms with Crippen LogP contribution in [0.3, 0.4) is 0 Å². The average Bonchev–Trinajstić information content (AvgIpc) is 3.16. The van der Waals surface area contributed by atoms with Crippen molar-refractivity contribution in [3.8, 4) is 0 Å². The number of likely N-dealkylation sites (tertiary alicyclic amines) is 1. The van der Waals surface area contributed by atoms with Crippen molar-refractivity contribution in [2.45, 2.75) is 31.6 Å². The third-order valence-electron chi connectivity index (χ3n) is 5.59. The fraction of sp³-hybridized carbons (Fsp3) is 0.381. The topological polar surface area (TPSA) is 23.6 Å². The molecule has 3 nitrogen and oxygen atoms in total. The number of benzene rings is 2. The van der Waals surface area contributed by atoms with Gasteiger partial charge < -0.3 is 4.90 Å². The van der Waals surface area contributed by atoms with Crippen molar-refractivity contribution in [2.24, 2.45) is 0 Å². The molecule has 0 bridgehead atoms. The molecule has 142 valence electrons. The third kappa shape index (κ3) is 3.72. The monoisotopic (exact) mass is 374 g/mol. The third-order valence-corrected chi connectivity index (χ3v) is 5.59. The zero-order chi connectivity index (χ0) is 19.0. The van der Waals surface area contributed by atoms with Gasteiger partial charge in [-0.2, -0.15) is 13.2 Å². The zero-order valence-corrected chi connectivity index (χ0v) is 14.9. The molecule has 0 radical (unpaired) electrons. The van der Waals surface area contributed by atoms with Crippen LogP contribution in [0.4, 0.5) is 13.2 Å². The van der Waals surface area contributed by atoms with Crippen molar-refractivity contribution in [1.82, 2.24) is 9.80 Å². The van der Waals surface area contributed by atoms with Gasteiger partial charge in [-0.3, -0.25) is 9.69 Å². The Balaban J connectivity index is 1.40. The van der Waals surface area contributed by atoms with E-state index < -0.39 is 11.7 Å². The second-order valence-corrected chi connectivity index (χ2v) is 7.26. The molecule has 4 rings (SSSR count). The fourth-order valence-corrected chi connectivity index (χ4v) is 4.04. The Hall–Kier alpha value is -2.34. The minimum Gasteiger partial charge on any atom is -0.337 e. The molecule has 0 aromatic heterocycles. The standard InChI is InChI=1S/C21H21F3N2O/c22-21(23,24)18-7-5-16(6-8-18)20(27)26-12-10-19(14-26)25-11-9-15-3-1-2-4-17(15)13-25/h1-8,19H,9-14H2. The lowest BCUT2D eigenvalue weighted by molar-refractivity contribution is -0.137. The lowest BCUT2D eigenvalue weighted by atomic mass is 9.98. The van der Waals surface area contributed by atoms with Gasteiger partial charge in [0, 0.05) is 37.8 Å². The summed E-state index contributed by atoms with van der Waals surface area (Å²) in [5.74, 6) is -0.191. The van der Waals surface area contributed by atoms with Gasteiger partial charge in [0.1, 0.15) is 0 Å². The molecule has 1 atom stereocenters. The molecule has 2 aliphatic heterocycles. The van der Waals surface area contributed by atoms with Gasteiger partial charge in [0.15, 0.2) is 0 Å². The van der Waals surface area contributed by atoms with Crippen LogP contribution in [0.1, 0.15) is 33.5 Å². The molecule has 6 heteroatoms. The van der Waals surface area contributed by atoms with Crippen LogP contribution in [0.2, 0.25) is 0 Å². The second kappa shape index (κ2) is 7.00. The van der Waals surface area contributed by atoms with Crippen LogP contribution in [0.15, 0.2) is 48.5 Å². The second-order valence-electron chi connectivity index (χ2n) is 7.26. The molecular formula is C21H21F3N2O. The molecule has 27 heavy (non-hydrogen) atoms. The number of hydrogen-bond donors (Lipinski definition) is 0. The predicted octanol–water partition coefficient (Wildman–Crippen LogP) is 3.98. The van der Waals surface area contributed by atoms with Crippen molar-refractivity contribution in [2.75, 3.05) is 19.6 Å². The maximum absolute atomic E-state index is 12.7. The maximum Gasteiger partial charge on any atom is 0.416 e. The number of fused-ring (bicyclic) bond motifs is 1. The quantitative estimate of drug-likeness (QED) is 0.794. The average molecular weight is 374 g/mol. The van der Waals surface area contributed by atoms with Gasteiger partial charge in [-0.25, -0.2) is 0 Å². The Morgan fingerprint density at radius 2 is 1.67 bits per heavy atom. The van der Waals surface area contributed by atoms with Crippen LogP contribution in [0, 0.1) is 0 Å². The lowest BCUT2D eigenvalue weighted by Crippen LogP contribution is -2.41. The number of nitrogens with zero attached hydrogens (tertiary/aromatic N) is 2. The van der Waals surface area contributed by atoms with Gasteiger partial charge in [-0.15, -0.1) is 0 Å². The molecule has 2 heterocycles. The maximum atomic E-state index is 12.7. The molecular weight excluding hydrogens is 353 g/mol. The van der Waals surface area contributed by atoms with Crippen molar-refractivity contribution < 1.29 is 18.0 Å². The summed E-state index contributed by atoms with van der Waals surface area (Å²) in [6, 6.07) is 13.2. The van der Waals surface area contributed by atoms with Gasteiger partial charge in [0.05, 0.1) is 5.56 Å². The Morgan fingerprint density at radius 3 is 2.37 bits per heavy atom. The minimum absolute atomic E-state index is 0.191. The van der Waals surface area contributed by atoms with E-state index in [1.165, 1.54) is 23.3 Å². The van der Waals surface area contributed by atoms with Gasteiger partial charge in [0.2, 0.25) is 0 Å². The van der Waals surface area contributed by atoms with Crippen LogP contribution in [0.5, 0.6) is 0 Å². The van der Waals surface area contributed by atoms with E-state index in [1.807, 2.05) is 0 Å². The molecule has 2 aromatic carbocycles. The van der Waals surface area contributed by atoms with E-state index in [0.717, 1.165) is 38.1 Å².